The van der Waals surface area contributed by atoms with Crippen LogP contribution in [0.5, 0.6) is 5.75 Å². The molecule has 2 unspecified atom stereocenters. The van der Waals surface area contributed by atoms with E-state index in [9.17, 15) is 8.42 Å². The van der Waals surface area contributed by atoms with Gasteiger partial charge in [-0.25, -0.2) is 8.42 Å². The van der Waals surface area contributed by atoms with E-state index in [2.05, 4.69) is 0 Å². The SMILES string of the molecule is CS(=O)(=O)C1CCCC(Oc2cccc(CCl)c2)C1. The van der Waals surface area contributed by atoms with Crippen LogP contribution in [-0.2, 0) is 15.7 Å². The number of sulfone groups is 1. The first-order valence-corrected chi connectivity index (χ1v) is 8.98. The van der Waals surface area contributed by atoms with Crippen LogP contribution in [0.4, 0.5) is 0 Å². The van der Waals surface area contributed by atoms with E-state index in [1.54, 1.807) is 0 Å². The molecule has 0 aliphatic heterocycles. The largest absolute Gasteiger partial charge is 0.490 e. The molecule has 1 fully saturated rings. The summed E-state index contributed by atoms with van der Waals surface area (Å²) in [5, 5.41) is -0.262. The quantitative estimate of drug-likeness (QED) is 0.802. The van der Waals surface area contributed by atoms with E-state index in [1.807, 2.05) is 24.3 Å². The minimum absolute atomic E-state index is 0.0148. The van der Waals surface area contributed by atoms with E-state index in [0.29, 0.717) is 12.3 Å². The van der Waals surface area contributed by atoms with Crippen LogP contribution in [0.1, 0.15) is 31.2 Å². The third-order valence-electron chi connectivity index (χ3n) is 3.54. The third-order valence-corrected chi connectivity index (χ3v) is 5.49. The van der Waals surface area contributed by atoms with Crippen molar-refractivity contribution >= 4 is 21.4 Å². The summed E-state index contributed by atoms with van der Waals surface area (Å²) in [6.07, 6.45) is 4.45. The van der Waals surface area contributed by atoms with Crippen LogP contribution >= 0.6 is 11.6 Å². The Labute approximate surface area is 119 Å². The number of hydrogen-bond acceptors (Lipinski definition) is 3. The lowest BCUT2D eigenvalue weighted by molar-refractivity contribution is 0.156. The molecule has 1 aromatic rings. The van der Waals surface area contributed by atoms with E-state index >= 15 is 0 Å². The van der Waals surface area contributed by atoms with Crippen LogP contribution in [0, 0.1) is 0 Å². The highest BCUT2D eigenvalue weighted by Crippen LogP contribution is 2.27. The summed E-state index contributed by atoms with van der Waals surface area (Å²) >= 11 is 5.79. The third kappa shape index (κ3) is 4.11. The first-order valence-electron chi connectivity index (χ1n) is 6.49. The fourth-order valence-electron chi connectivity index (χ4n) is 2.49. The molecule has 0 heterocycles. The molecule has 0 amide bonds. The molecular weight excluding hydrogens is 284 g/mol. The first kappa shape index (κ1) is 14.7. The van der Waals surface area contributed by atoms with Crippen molar-refractivity contribution in [2.45, 2.75) is 42.9 Å². The van der Waals surface area contributed by atoms with Crippen LogP contribution in [0.3, 0.4) is 0 Å². The molecule has 0 N–H and O–H groups in total. The van der Waals surface area contributed by atoms with Gasteiger partial charge in [0.1, 0.15) is 15.6 Å². The molecule has 2 rings (SSSR count). The highest BCUT2D eigenvalue weighted by atomic mass is 35.5. The van der Waals surface area contributed by atoms with Crippen molar-refractivity contribution < 1.29 is 13.2 Å². The van der Waals surface area contributed by atoms with Crippen LogP contribution in [0.25, 0.3) is 0 Å². The van der Waals surface area contributed by atoms with Crippen molar-refractivity contribution in [3.8, 4) is 5.75 Å². The molecule has 1 aromatic carbocycles. The Bertz CT molecular complexity index is 527. The summed E-state index contributed by atoms with van der Waals surface area (Å²) in [7, 11) is -2.97. The van der Waals surface area contributed by atoms with Crippen molar-refractivity contribution in [3.63, 3.8) is 0 Å². The van der Waals surface area contributed by atoms with Gasteiger partial charge in [0.2, 0.25) is 0 Å². The van der Waals surface area contributed by atoms with Gasteiger partial charge in [0.25, 0.3) is 0 Å². The Morgan fingerprint density at radius 2 is 2.16 bits per heavy atom. The van der Waals surface area contributed by atoms with Gasteiger partial charge in [-0.1, -0.05) is 12.1 Å². The Morgan fingerprint density at radius 1 is 1.37 bits per heavy atom. The molecule has 106 valence electrons. The minimum Gasteiger partial charge on any atom is -0.490 e. The van der Waals surface area contributed by atoms with Gasteiger partial charge >= 0.3 is 0 Å². The van der Waals surface area contributed by atoms with E-state index in [-0.39, 0.29) is 11.4 Å². The average molecular weight is 303 g/mol. The van der Waals surface area contributed by atoms with Gasteiger partial charge in [-0.3, -0.25) is 0 Å². The molecule has 0 saturated heterocycles. The molecule has 1 saturated carbocycles. The molecule has 1 aliphatic rings. The number of alkyl halides is 1. The summed E-state index contributed by atoms with van der Waals surface area (Å²) in [6.45, 7) is 0. The summed E-state index contributed by atoms with van der Waals surface area (Å²) in [4.78, 5) is 0. The second-order valence-corrected chi connectivity index (χ2v) is 7.73. The van der Waals surface area contributed by atoms with E-state index in [4.69, 9.17) is 16.3 Å². The van der Waals surface area contributed by atoms with Gasteiger partial charge in [-0.05, 0) is 37.0 Å². The number of hydrogen-bond donors (Lipinski definition) is 0. The van der Waals surface area contributed by atoms with Crippen LogP contribution < -0.4 is 4.74 Å². The lowest BCUT2D eigenvalue weighted by atomic mass is 9.97. The second kappa shape index (κ2) is 6.14. The highest BCUT2D eigenvalue weighted by molar-refractivity contribution is 7.91. The Morgan fingerprint density at radius 3 is 2.84 bits per heavy atom. The van der Waals surface area contributed by atoms with Crippen molar-refractivity contribution in [3.05, 3.63) is 29.8 Å². The Kier molecular flexibility index (Phi) is 4.74. The molecule has 0 bridgehead atoms. The molecule has 5 heteroatoms. The maximum absolute atomic E-state index is 11.6. The predicted molar refractivity (Wildman–Crippen MR) is 77.5 cm³/mol. The minimum atomic E-state index is -2.97. The summed E-state index contributed by atoms with van der Waals surface area (Å²) in [5.74, 6) is 1.23. The van der Waals surface area contributed by atoms with Gasteiger partial charge < -0.3 is 4.74 Å². The monoisotopic (exact) mass is 302 g/mol. The van der Waals surface area contributed by atoms with Crippen molar-refractivity contribution in [1.29, 1.82) is 0 Å². The van der Waals surface area contributed by atoms with Crippen molar-refractivity contribution in [2.75, 3.05) is 6.26 Å². The standard InChI is InChI=1S/C14H19ClO3S/c1-19(16,17)14-7-3-6-13(9-14)18-12-5-2-4-11(8-12)10-15/h2,4-5,8,13-14H,3,6-7,9-10H2,1H3. The fourth-order valence-corrected chi connectivity index (χ4v) is 3.82. The molecule has 0 spiro atoms. The van der Waals surface area contributed by atoms with Gasteiger partial charge in [0.05, 0.1) is 11.4 Å². The zero-order valence-corrected chi connectivity index (χ0v) is 12.6. The topological polar surface area (TPSA) is 43.4 Å². The summed E-state index contributed by atoms with van der Waals surface area (Å²) in [5.41, 5.74) is 1.01. The van der Waals surface area contributed by atoms with Crippen LogP contribution in [0.15, 0.2) is 24.3 Å². The van der Waals surface area contributed by atoms with Gasteiger partial charge in [-0.15, -0.1) is 11.6 Å². The number of benzene rings is 1. The lowest BCUT2D eigenvalue weighted by Crippen LogP contribution is -2.33. The lowest BCUT2D eigenvalue weighted by Gasteiger charge is -2.28. The second-order valence-electron chi connectivity index (χ2n) is 5.14. The normalized spacial score (nSPS) is 24.1. The zero-order valence-electron chi connectivity index (χ0n) is 11.0. The number of ether oxygens (including phenoxy) is 1. The number of halogens is 1. The molecule has 1 aliphatic carbocycles. The van der Waals surface area contributed by atoms with Crippen molar-refractivity contribution in [1.82, 2.24) is 0 Å². The maximum Gasteiger partial charge on any atom is 0.150 e. The predicted octanol–water partition coefficient (Wildman–Crippen LogP) is 3.16. The fraction of sp³-hybridized carbons (Fsp3) is 0.571. The van der Waals surface area contributed by atoms with Crippen molar-refractivity contribution in [2.24, 2.45) is 0 Å². The van der Waals surface area contributed by atoms with E-state index < -0.39 is 9.84 Å². The van der Waals surface area contributed by atoms with Gasteiger partial charge in [0, 0.05) is 18.6 Å². The summed E-state index contributed by atoms with van der Waals surface area (Å²) in [6, 6.07) is 7.65. The van der Waals surface area contributed by atoms with E-state index in [1.165, 1.54) is 6.26 Å². The average Bonchev–Trinajstić information content (AvgIpc) is 2.38. The molecule has 2 atom stereocenters. The van der Waals surface area contributed by atoms with Gasteiger partial charge in [0.15, 0.2) is 0 Å². The highest BCUT2D eigenvalue weighted by Gasteiger charge is 2.29. The summed E-state index contributed by atoms with van der Waals surface area (Å²) < 4.78 is 29.1. The molecule has 19 heavy (non-hydrogen) atoms. The molecule has 0 radical (unpaired) electrons. The zero-order chi connectivity index (χ0) is 13.9. The Hall–Kier alpha value is -0.740. The van der Waals surface area contributed by atoms with Gasteiger partial charge in [-0.2, -0.15) is 0 Å². The smallest absolute Gasteiger partial charge is 0.150 e. The van der Waals surface area contributed by atoms with Crippen LogP contribution in [-0.4, -0.2) is 26.0 Å². The first-order chi connectivity index (χ1) is 8.99. The number of rotatable bonds is 4. The van der Waals surface area contributed by atoms with Crippen LogP contribution in [0.2, 0.25) is 0 Å². The van der Waals surface area contributed by atoms with E-state index in [0.717, 1.165) is 30.6 Å². The Balaban J connectivity index is 2.02. The maximum atomic E-state index is 11.6. The molecular formula is C14H19ClO3S. The molecule has 0 aromatic heterocycles. The molecule has 3 nitrogen and oxygen atoms in total.